The third kappa shape index (κ3) is 7.94. The van der Waals surface area contributed by atoms with Crippen LogP contribution in [-0.2, 0) is 16.1 Å². The minimum Gasteiger partial charge on any atom is -0.483 e. The van der Waals surface area contributed by atoms with E-state index in [9.17, 15) is 9.59 Å². The SMILES string of the molecule is CCC(C(=O)NC(C)(C)C)N(Cc1ccc(Cl)cc1Cl)C(=O)COc1ccccc1C(C)C. The average Bonchev–Trinajstić information content (AvgIpc) is 2.72. The number of hydrogen-bond donors (Lipinski definition) is 1. The first-order chi connectivity index (χ1) is 15.4. The molecule has 0 aliphatic rings. The predicted molar refractivity (Wildman–Crippen MR) is 135 cm³/mol. The van der Waals surface area contributed by atoms with Gasteiger partial charge in [-0.2, -0.15) is 0 Å². The highest BCUT2D eigenvalue weighted by atomic mass is 35.5. The second-order valence-electron chi connectivity index (χ2n) is 9.40. The highest BCUT2D eigenvalue weighted by Crippen LogP contribution is 2.27. The lowest BCUT2D eigenvalue weighted by molar-refractivity contribution is -0.143. The quantitative estimate of drug-likeness (QED) is 0.451. The van der Waals surface area contributed by atoms with E-state index in [0.717, 1.165) is 5.56 Å². The van der Waals surface area contributed by atoms with Gasteiger partial charge in [0.25, 0.3) is 5.91 Å². The number of nitrogens with one attached hydrogen (secondary N) is 1. The highest BCUT2D eigenvalue weighted by molar-refractivity contribution is 6.35. The van der Waals surface area contributed by atoms with Gasteiger partial charge in [-0.1, -0.05) is 68.2 Å². The largest absolute Gasteiger partial charge is 0.483 e. The van der Waals surface area contributed by atoms with Gasteiger partial charge in [-0.3, -0.25) is 9.59 Å². The number of ether oxygens (including phenoxy) is 1. The van der Waals surface area contributed by atoms with Crippen LogP contribution in [0.25, 0.3) is 0 Å². The van der Waals surface area contributed by atoms with Gasteiger partial charge in [-0.15, -0.1) is 0 Å². The first-order valence-corrected chi connectivity index (χ1v) is 12.0. The molecule has 2 rings (SSSR count). The molecule has 33 heavy (non-hydrogen) atoms. The number of para-hydroxylation sites is 1. The van der Waals surface area contributed by atoms with Crippen LogP contribution in [0.5, 0.6) is 5.75 Å². The van der Waals surface area contributed by atoms with Crippen LogP contribution in [0.4, 0.5) is 0 Å². The Kier molecular flexibility index (Phi) is 9.62. The maximum Gasteiger partial charge on any atom is 0.261 e. The molecular weight excluding hydrogens is 459 g/mol. The summed E-state index contributed by atoms with van der Waals surface area (Å²) in [6.45, 7) is 11.7. The lowest BCUT2D eigenvalue weighted by atomic mass is 10.0. The third-order valence-corrected chi connectivity index (χ3v) is 5.72. The molecule has 180 valence electrons. The molecule has 0 aromatic heterocycles. The summed E-state index contributed by atoms with van der Waals surface area (Å²) in [6.07, 6.45) is 0.446. The topological polar surface area (TPSA) is 58.6 Å². The Bertz CT molecular complexity index is 970. The van der Waals surface area contributed by atoms with E-state index in [1.165, 1.54) is 4.90 Å². The van der Waals surface area contributed by atoms with Crippen molar-refractivity contribution in [1.29, 1.82) is 0 Å². The Morgan fingerprint density at radius 1 is 1.09 bits per heavy atom. The van der Waals surface area contributed by atoms with E-state index in [2.05, 4.69) is 19.2 Å². The molecular formula is C26H34Cl2N2O3. The molecule has 0 aliphatic carbocycles. The van der Waals surface area contributed by atoms with Crippen molar-refractivity contribution in [2.24, 2.45) is 0 Å². The zero-order valence-corrected chi connectivity index (χ0v) is 21.8. The maximum atomic E-state index is 13.4. The van der Waals surface area contributed by atoms with Crippen molar-refractivity contribution in [3.63, 3.8) is 0 Å². The zero-order chi connectivity index (χ0) is 24.8. The van der Waals surface area contributed by atoms with Gasteiger partial charge in [0, 0.05) is 22.1 Å². The van der Waals surface area contributed by atoms with Crippen LogP contribution in [0.3, 0.4) is 0 Å². The Hall–Kier alpha value is -2.24. The summed E-state index contributed by atoms with van der Waals surface area (Å²) in [5.74, 6) is 0.403. The van der Waals surface area contributed by atoms with Crippen molar-refractivity contribution in [1.82, 2.24) is 10.2 Å². The minimum absolute atomic E-state index is 0.167. The summed E-state index contributed by atoms with van der Waals surface area (Å²) in [4.78, 5) is 28.0. The van der Waals surface area contributed by atoms with Crippen LogP contribution >= 0.6 is 23.2 Å². The molecule has 0 fully saturated rings. The molecule has 0 radical (unpaired) electrons. The number of nitrogens with zero attached hydrogens (tertiary/aromatic N) is 1. The number of halogens is 2. The van der Waals surface area contributed by atoms with Gasteiger partial charge < -0.3 is 15.0 Å². The van der Waals surface area contributed by atoms with Gasteiger partial charge in [0.05, 0.1) is 0 Å². The molecule has 0 heterocycles. The van der Waals surface area contributed by atoms with E-state index in [0.29, 0.717) is 27.8 Å². The Balaban J connectivity index is 2.32. The molecule has 2 amide bonds. The van der Waals surface area contributed by atoms with Crippen molar-refractivity contribution in [3.05, 3.63) is 63.6 Å². The average molecular weight is 493 g/mol. The number of rotatable bonds is 9. The molecule has 5 nitrogen and oxygen atoms in total. The number of benzene rings is 2. The van der Waals surface area contributed by atoms with Gasteiger partial charge in [-0.05, 0) is 62.4 Å². The van der Waals surface area contributed by atoms with Gasteiger partial charge in [0.2, 0.25) is 5.91 Å². The van der Waals surface area contributed by atoms with Crippen molar-refractivity contribution in [3.8, 4) is 5.75 Å². The van der Waals surface area contributed by atoms with Crippen LogP contribution in [0, 0.1) is 0 Å². The van der Waals surface area contributed by atoms with E-state index in [4.69, 9.17) is 27.9 Å². The van der Waals surface area contributed by atoms with Gasteiger partial charge in [0.1, 0.15) is 11.8 Å². The highest BCUT2D eigenvalue weighted by Gasteiger charge is 2.31. The molecule has 7 heteroatoms. The Morgan fingerprint density at radius 2 is 1.76 bits per heavy atom. The van der Waals surface area contributed by atoms with Crippen LogP contribution in [0.1, 0.15) is 65.0 Å². The molecule has 0 spiro atoms. The van der Waals surface area contributed by atoms with E-state index in [1.54, 1.807) is 18.2 Å². The molecule has 0 saturated heterocycles. The summed E-state index contributed by atoms with van der Waals surface area (Å²) >= 11 is 12.4. The molecule has 2 aromatic rings. The van der Waals surface area contributed by atoms with Crippen LogP contribution < -0.4 is 10.1 Å². The van der Waals surface area contributed by atoms with Crippen LogP contribution in [-0.4, -0.2) is 34.9 Å². The van der Waals surface area contributed by atoms with Gasteiger partial charge >= 0.3 is 0 Å². The molecule has 0 saturated carbocycles. The Labute approximate surface area is 207 Å². The zero-order valence-electron chi connectivity index (χ0n) is 20.2. The van der Waals surface area contributed by atoms with Gasteiger partial charge in [0.15, 0.2) is 6.61 Å². The van der Waals surface area contributed by atoms with Crippen LogP contribution in [0.2, 0.25) is 10.0 Å². The summed E-state index contributed by atoms with van der Waals surface area (Å²) in [6, 6.07) is 12.1. The number of hydrogen-bond acceptors (Lipinski definition) is 3. The van der Waals surface area contributed by atoms with E-state index < -0.39 is 11.6 Å². The molecule has 0 bridgehead atoms. The van der Waals surface area contributed by atoms with Gasteiger partial charge in [-0.25, -0.2) is 0 Å². The Morgan fingerprint density at radius 3 is 2.33 bits per heavy atom. The van der Waals surface area contributed by atoms with Crippen LogP contribution in [0.15, 0.2) is 42.5 Å². The van der Waals surface area contributed by atoms with E-state index in [-0.39, 0.29) is 30.9 Å². The lowest BCUT2D eigenvalue weighted by Gasteiger charge is -2.33. The lowest BCUT2D eigenvalue weighted by Crippen LogP contribution is -2.54. The fourth-order valence-electron chi connectivity index (χ4n) is 3.52. The first kappa shape index (κ1) is 27.0. The monoisotopic (exact) mass is 492 g/mol. The first-order valence-electron chi connectivity index (χ1n) is 11.2. The smallest absolute Gasteiger partial charge is 0.261 e. The third-order valence-electron chi connectivity index (χ3n) is 5.13. The van der Waals surface area contributed by atoms with E-state index >= 15 is 0 Å². The second kappa shape index (κ2) is 11.8. The van der Waals surface area contributed by atoms with Crippen molar-refractivity contribution in [2.45, 2.75) is 72.0 Å². The van der Waals surface area contributed by atoms with Crippen molar-refractivity contribution in [2.75, 3.05) is 6.61 Å². The molecule has 1 N–H and O–H groups in total. The predicted octanol–water partition coefficient (Wildman–Crippen LogP) is 6.22. The minimum atomic E-state index is -0.674. The standard InChI is InChI=1S/C26H34Cl2N2O3/c1-7-22(25(32)29-26(4,5)6)30(15-18-12-13-19(27)14-21(18)28)24(31)16-33-23-11-9-8-10-20(23)17(2)3/h8-14,17,22H,7,15-16H2,1-6H3,(H,29,32). The molecule has 1 atom stereocenters. The normalized spacial score (nSPS) is 12.4. The van der Waals surface area contributed by atoms with E-state index in [1.807, 2.05) is 52.0 Å². The molecule has 2 aromatic carbocycles. The fraction of sp³-hybridized carbons (Fsp3) is 0.462. The fourth-order valence-corrected chi connectivity index (χ4v) is 3.99. The molecule has 0 aliphatic heterocycles. The number of carbonyl (C=O) groups is 2. The summed E-state index contributed by atoms with van der Waals surface area (Å²) in [5.41, 5.74) is 1.30. The number of carbonyl (C=O) groups excluding carboxylic acids is 2. The summed E-state index contributed by atoms with van der Waals surface area (Å²) in [5, 5.41) is 3.93. The maximum absolute atomic E-state index is 13.4. The summed E-state index contributed by atoms with van der Waals surface area (Å²) in [7, 11) is 0. The van der Waals surface area contributed by atoms with Crippen molar-refractivity contribution < 1.29 is 14.3 Å². The second-order valence-corrected chi connectivity index (χ2v) is 10.2. The molecule has 1 unspecified atom stereocenters. The number of amides is 2. The summed E-state index contributed by atoms with van der Waals surface area (Å²) < 4.78 is 5.93. The van der Waals surface area contributed by atoms with Crippen molar-refractivity contribution >= 4 is 35.0 Å².